The maximum Gasteiger partial charge on any atom is 0.115 e. The summed E-state index contributed by atoms with van der Waals surface area (Å²) in [5.74, 6) is 0.131. The molecule has 48 valence electrons. The van der Waals surface area contributed by atoms with Crippen LogP contribution in [-0.4, -0.2) is 13.7 Å². The van der Waals surface area contributed by atoms with Crippen LogP contribution in [0.4, 0.5) is 0 Å². The molecule has 0 atom stereocenters. The van der Waals surface area contributed by atoms with Gasteiger partial charge in [-0.15, -0.1) is 0 Å². The summed E-state index contributed by atoms with van der Waals surface area (Å²) in [6.45, 7) is 0.294. The lowest BCUT2D eigenvalue weighted by Crippen LogP contribution is -2.19. The van der Waals surface area contributed by atoms with Crippen LogP contribution in [0.15, 0.2) is 11.5 Å². The smallest absolute Gasteiger partial charge is 0.115 e. The predicted molar refractivity (Wildman–Crippen MR) is 31.5 cm³/mol. The van der Waals surface area contributed by atoms with Crippen LogP contribution in [0.3, 0.4) is 0 Å². The monoisotopic (exact) mass is 117 g/mol. The van der Waals surface area contributed by atoms with Gasteiger partial charge in [0.1, 0.15) is 5.82 Å². The number of hydrogen-bond acceptors (Lipinski definition) is 4. The van der Waals surface area contributed by atoms with Crippen LogP contribution >= 0.6 is 0 Å². The highest BCUT2D eigenvalue weighted by Crippen LogP contribution is 1.81. The third kappa shape index (κ3) is 2.30. The first-order valence-electron chi connectivity index (χ1n) is 2.17. The Morgan fingerprint density at radius 3 is 2.00 bits per heavy atom. The van der Waals surface area contributed by atoms with Gasteiger partial charge in [0.05, 0.1) is 12.3 Å². The molecule has 8 heavy (non-hydrogen) atoms. The molecule has 4 heteroatoms. The Morgan fingerprint density at radius 2 is 1.88 bits per heavy atom. The molecule has 0 rings (SSSR count). The molecule has 0 aromatic rings. The SMILES string of the molecule is COCC(N)=C(N)N. The zero-order valence-corrected chi connectivity index (χ0v) is 4.85. The molecule has 0 saturated heterocycles. The van der Waals surface area contributed by atoms with Gasteiger partial charge in [0.2, 0.25) is 0 Å². The van der Waals surface area contributed by atoms with Gasteiger partial charge in [-0.3, -0.25) is 0 Å². The first kappa shape index (κ1) is 7.10. The van der Waals surface area contributed by atoms with E-state index in [1.807, 2.05) is 0 Å². The molecular formula is C4H11N3O. The Bertz CT molecular complexity index is 95.5. The minimum Gasteiger partial charge on any atom is -0.397 e. The predicted octanol–water partition coefficient (Wildman–Crippen LogP) is -1.32. The second-order valence-electron chi connectivity index (χ2n) is 1.41. The summed E-state index contributed by atoms with van der Waals surface area (Å²) >= 11 is 0. The van der Waals surface area contributed by atoms with E-state index in [2.05, 4.69) is 4.74 Å². The summed E-state index contributed by atoms with van der Waals surface area (Å²) in [5, 5.41) is 0. The Hall–Kier alpha value is -0.900. The van der Waals surface area contributed by atoms with E-state index in [1.165, 1.54) is 7.11 Å². The number of nitrogens with two attached hydrogens (primary N) is 3. The lowest BCUT2D eigenvalue weighted by molar-refractivity contribution is 0.223. The van der Waals surface area contributed by atoms with Crippen molar-refractivity contribution in [1.82, 2.24) is 0 Å². The van der Waals surface area contributed by atoms with E-state index >= 15 is 0 Å². The topological polar surface area (TPSA) is 87.3 Å². The molecule has 0 aromatic heterocycles. The van der Waals surface area contributed by atoms with Crippen LogP contribution < -0.4 is 17.2 Å². The van der Waals surface area contributed by atoms with Crippen molar-refractivity contribution in [1.29, 1.82) is 0 Å². The van der Waals surface area contributed by atoms with E-state index in [0.29, 0.717) is 12.3 Å². The van der Waals surface area contributed by atoms with Crippen molar-refractivity contribution >= 4 is 0 Å². The highest BCUT2D eigenvalue weighted by molar-refractivity contribution is 5.02. The fraction of sp³-hybridized carbons (Fsp3) is 0.500. The van der Waals surface area contributed by atoms with Crippen molar-refractivity contribution in [2.24, 2.45) is 17.2 Å². The van der Waals surface area contributed by atoms with E-state index in [4.69, 9.17) is 17.2 Å². The zero-order chi connectivity index (χ0) is 6.57. The van der Waals surface area contributed by atoms with Crippen molar-refractivity contribution < 1.29 is 4.74 Å². The lowest BCUT2D eigenvalue weighted by atomic mass is 10.5. The highest BCUT2D eigenvalue weighted by Gasteiger charge is 1.89. The molecule has 0 heterocycles. The van der Waals surface area contributed by atoms with Crippen LogP contribution in [0.1, 0.15) is 0 Å². The lowest BCUT2D eigenvalue weighted by Gasteiger charge is -1.99. The molecule has 0 unspecified atom stereocenters. The van der Waals surface area contributed by atoms with Crippen LogP contribution in [0.5, 0.6) is 0 Å². The standard InChI is InChI=1S/C4H11N3O/c1-8-2-3(5)4(6)7/h2,5-7H2,1H3. The zero-order valence-electron chi connectivity index (χ0n) is 4.85. The van der Waals surface area contributed by atoms with Gasteiger partial charge in [-0.2, -0.15) is 0 Å². The Kier molecular flexibility index (Phi) is 2.79. The molecule has 0 aromatic carbocycles. The second-order valence-corrected chi connectivity index (χ2v) is 1.41. The van der Waals surface area contributed by atoms with E-state index in [9.17, 15) is 0 Å². The number of ether oxygens (including phenoxy) is 1. The fourth-order valence-electron chi connectivity index (χ4n) is 0.239. The summed E-state index contributed by atoms with van der Waals surface area (Å²) in [5.41, 5.74) is 15.8. The molecule has 0 fully saturated rings. The second kappa shape index (κ2) is 3.15. The van der Waals surface area contributed by atoms with Gasteiger partial charge in [0.15, 0.2) is 0 Å². The Labute approximate surface area is 48.3 Å². The summed E-state index contributed by atoms with van der Waals surface area (Å²) in [6.07, 6.45) is 0. The van der Waals surface area contributed by atoms with Crippen molar-refractivity contribution in [3.05, 3.63) is 11.5 Å². The average molecular weight is 117 g/mol. The van der Waals surface area contributed by atoms with Gasteiger partial charge in [-0.05, 0) is 0 Å². The van der Waals surface area contributed by atoms with Crippen molar-refractivity contribution in [3.8, 4) is 0 Å². The minimum absolute atomic E-state index is 0.131. The van der Waals surface area contributed by atoms with Crippen LogP contribution in [-0.2, 0) is 4.74 Å². The number of methoxy groups -OCH3 is 1. The molecule has 0 aliphatic carbocycles. The first-order valence-corrected chi connectivity index (χ1v) is 2.17. The Morgan fingerprint density at radius 1 is 1.38 bits per heavy atom. The average Bonchev–Trinajstić information content (AvgIpc) is 1.67. The molecule has 0 aliphatic heterocycles. The maximum atomic E-state index is 5.23. The van der Waals surface area contributed by atoms with Gasteiger partial charge in [0, 0.05) is 7.11 Å². The molecule has 0 saturated carbocycles. The summed E-state index contributed by atoms with van der Waals surface area (Å²) in [4.78, 5) is 0. The summed E-state index contributed by atoms with van der Waals surface area (Å²) < 4.78 is 4.62. The van der Waals surface area contributed by atoms with E-state index < -0.39 is 0 Å². The highest BCUT2D eigenvalue weighted by atomic mass is 16.5. The van der Waals surface area contributed by atoms with Gasteiger partial charge in [-0.1, -0.05) is 0 Å². The van der Waals surface area contributed by atoms with Crippen molar-refractivity contribution in [2.75, 3.05) is 13.7 Å². The molecular weight excluding hydrogens is 106 g/mol. The third-order valence-corrected chi connectivity index (χ3v) is 0.671. The summed E-state index contributed by atoms with van der Waals surface area (Å²) in [6, 6.07) is 0. The first-order chi connectivity index (χ1) is 3.68. The van der Waals surface area contributed by atoms with Gasteiger partial charge < -0.3 is 21.9 Å². The summed E-state index contributed by atoms with van der Waals surface area (Å²) in [7, 11) is 1.52. The van der Waals surface area contributed by atoms with Gasteiger partial charge in [-0.25, -0.2) is 0 Å². The minimum atomic E-state index is 0.131. The quantitative estimate of drug-likeness (QED) is 0.418. The molecule has 0 spiro atoms. The van der Waals surface area contributed by atoms with Crippen molar-refractivity contribution in [2.45, 2.75) is 0 Å². The van der Waals surface area contributed by atoms with E-state index in [0.717, 1.165) is 0 Å². The van der Waals surface area contributed by atoms with Gasteiger partial charge in [0.25, 0.3) is 0 Å². The van der Waals surface area contributed by atoms with E-state index in [1.54, 1.807) is 0 Å². The molecule has 0 amide bonds. The molecule has 6 N–H and O–H groups in total. The van der Waals surface area contributed by atoms with Crippen molar-refractivity contribution in [3.63, 3.8) is 0 Å². The van der Waals surface area contributed by atoms with Crippen LogP contribution in [0.25, 0.3) is 0 Å². The van der Waals surface area contributed by atoms with E-state index in [-0.39, 0.29) is 5.82 Å². The Balaban J connectivity index is 3.62. The third-order valence-electron chi connectivity index (χ3n) is 0.671. The number of rotatable bonds is 2. The molecule has 0 radical (unpaired) electrons. The molecule has 0 aliphatic rings. The van der Waals surface area contributed by atoms with Gasteiger partial charge >= 0.3 is 0 Å². The largest absolute Gasteiger partial charge is 0.397 e. The normalized spacial score (nSPS) is 8.62. The van der Waals surface area contributed by atoms with Crippen LogP contribution in [0.2, 0.25) is 0 Å². The maximum absolute atomic E-state index is 5.23. The fourth-order valence-corrected chi connectivity index (χ4v) is 0.239. The number of hydrogen-bond donors (Lipinski definition) is 3. The van der Waals surface area contributed by atoms with Crippen LogP contribution in [0, 0.1) is 0 Å². The molecule has 4 nitrogen and oxygen atoms in total. The molecule has 0 bridgehead atoms.